The van der Waals surface area contributed by atoms with Crippen molar-refractivity contribution in [3.05, 3.63) is 29.8 Å². The molecule has 3 N–H and O–H groups in total. The van der Waals surface area contributed by atoms with Crippen LogP contribution in [0, 0.1) is 0 Å². The minimum atomic E-state index is -0.298. The lowest BCUT2D eigenvalue weighted by Gasteiger charge is -2.00. The summed E-state index contributed by atoms with van der Waals surface area (Å²) < 4.78 is 0. The number of carbonyl (C=O) groups excluding carboxylic acids is 1. The Labute approximate surface area is 91.3 Å². The van der Waals surface area contributed by atoms with E-state index in [9.17, 15) is 4.79 Å². The number of nitrogen functional groups attached to an aromatic ring is 1. The van der Waals surface area contributed by atoms with Crippen molar-refractivity contribution in [2.24, 2.45) is 7.05 Å². The number of rotatable bonds is 2. The molecule has 0 unspecified atom stereocenters. The highest BCUT2D eigenvalue weighted by Crippen LogP contribution is 2.07. The molecule has 16 heavy (non-hydrogen) atoms. The van der Waals surface area contributed by atoms with Crippen molar-refractivity contribution in [2.75, 3.05) is 11.1 Å². The van der Waals surface area contributed by atoms with Crippen LogP contribution in [0.2, 0.25) is 0 Å². The van der Waals surface area contributed by atoms with E-state index in [0.717, 1.165) is 0 Å². The van der Waals surface area contributed by atoms with Crippen LogP contribution >= 0.6 is 0 Å². The molecule has 0 saturated heterocycles. The minimum Gasteiger partial charge on any atom is -0.399 e. The molecule has 0 spiro atoms. The van der Waals surface area contributed by atoms with Crippen LogP contribution in [-0.4, -0.2) is 26.1 Å². The van der Waals surface area contributed by atoms with Crippen LogP contribution in [0.4, 0.5) is 11.6 Å². The number of nitrogens with one attached hydrogen (secondary N) is 1. The van der Waals surface area contributed by atoms with Crippen molar-refractivity contribution in [3.63, 3.8) is 0 Å². The molecule has 0 aliphatic heterocycles. The standard InChI is InChI=1S/C9H10N6O/c1-15-13-9(12-14-15)11-8(16)6-2-4-7(10)5-3-6/h2-5H,10H2,1H3,(H,11,13,16). The number of nitrogens with two attached hydrogens (primary N) is 1. The summed E-state index contributed by atoms with van der Waals surface area (Å²) in [5, 5.41) is 13.6. The van der Waals surface area contributed by atoms with Crippen LogP contribution in [0.25, 0.3) is 0 Å². The van der Waals surface area contributed by atoms with Gasteiger partial charge >= 0.3 is 0 Å². The molecule has 1 heterocycles. The summed E-state index contributed by atoms with van der Waals surface area (Å²) in [6, 6.07) is 6.56. The van der Waals surface area contributed by atoms with Crippen LogP contribution in [0.15, 0.2) is 24.3 Å². The van der Waals surface area contributed by atoms with Gasteiger partial charge in [-0.3, -0.25) is 10.1 Å². The number of carbonyl (C=O) groups is 1. The smallest absolute Gasteiger partial charge is 0.270 e. The van der Waals surface area contributed by atoms with Crippen molar-refractivity contribution in [3.8, 4) is 0 Å². The van der Waals surface area contributed by atoms with Crippen LogP contribution in [-0.2, 0) is 7.05 Å². The van der Waals surface area contributed by atoms with E-state index in [1.165, 1.54) is 4.80 Å². The maximum Gasteiger partial charge on any atom is 0.270 e. The molecule has 0 saturated carbocycles. The zero-order valence-corrected chi connectivity index (χ0v) is 8.58. The first-order valence-corrected chi connectivity index (χ1v) is 4.56. The second-order valence-corrected chi connectivity index (χ2v) is 3.18. The van der Waals surface area contributed by atoms with E-state index in [1.807, 2.05) is 0 Å². The fourth-order valence-corrected chi connectivity index (χ4v) is 1.14. The van der Waals surface area contributed by atoms with Gasteiger partial charge in [-0.2, -0.15) is 4.80 Å². The molecular weight excluding hydrogens is 208 g/mol. The molecular formula is C9H10N6O. The number of aromatic nitrogens is 4. The van der Waals surface area contributed by atoms with Gasteiger partial charge in [0, 0.05) is 11.3 Å². The highest BCUT2D eigenvalue weighted by Gasteiger charge is 2.08. The van der Waals surface area contributed by atoms with Crippen molar-refractivity contribution < 1.29 is 4.79 Å². The normalized spacial score (nSPS) is 10.1. The molecule has 2 aromatic rings. The molecule has 0 aliphatic carbocycles. The summed E-state index contributed by atoms with van der Waals surface area (Å²) in [5.41, 5.74) is 6.61. The monoisotopic (exact) mass is 218 g/mol. The topological polar surface area (TPSA) is 98.7 Å². The lowest BCUT2D eigenvalue weighted by molar-refractivity contribution is 0.102. The highest BCUT2D eigenvalue weighted by atomic mass is 16.1. The minimum absolute atomic E-state index is 0.171. The van der Waals surface area contributed by atoms with Gasteiger partial charge in [0.2, 0.25) is 0 Å². The lowest BCUT2D eigenvalue weighted by atomic mass is 10.2. The zero-order valence-electron chi connectivity index (χ0n) is 8.58. The van der Waals surface area contributed by atoms with Crippen molar-refractivity contribution in [2.45, 2.75) is 0 Å². The zero-order chi connectivity index (χ0) is 11.5. The van der Waals surface area contributed by atoms with Crippen molar-refractivity contribution >= 4 is 17.5 Å². The first-order valence-electron chi connectivity index (χ1n) is 4.56. The molecule has 82 valence electrons. The van der Waals surface area contributed by atoms with Crippen molar-refractivity contribution in [1.29, 1.82) is 0 Å². The van der Waals surface area contributed by atoms with E-state index >= 15 is 0 Å². The van der Waals surface area contributed by atoms with Gasteiger partial charge < -0.3 is 5.73 Å². The van der Waals surface area contributed by atoms with E-state index in [1.54, 1.807) is 31.3 Å². The van der Waals surface area contributed by atoms with Gasteiger partial charge in [0.15, 0.2) is 0 Å². The third-order valence-corrected chi connectivity index (χ3v) is 1.91. The average molecular weight is 218 g/mol. The van der Waals surface area contributed by atoms with Crippen LogP contribution in [0.1, 0.15) is 10.4 Å². The predicted octanol–water partition coefficient (Wildman–Crippen LogP) is 0.0446. The summed E-state index contributed by atoms with van der Waals surface area (Å²) in [7, 11) is 1.62. The molecule has 7 heteroatoms. The number of nitrogens with zero attached hydrogens (tertiary/aromatic N) is 4. The second-order valence-electron chi connectivity index (χ2n) is 3.18. The number of benzene rings is 1. The Morgan fingerprint density at radius 1 is 1.38 bits per heavy atom. The predicted molar refractivity (Wildman–Crippen MR) is 57.6 cm³/mol. The van der Waals surface area contributed by atoms with E-state index in [0.29, 0.717) is 11.3 Å². The quantitative estimate of drug-likeness (QED) is 0.693. The number of amides is 1. The Kier molecular flexibility index (Phi) is 2.50. The van der Waals surface area contributed by atoms with E-state index in [4.69, 9.17) is 5.73 Å². The molecule has 0 atom stereocenters. The fourth-order valence-electron chi connectivity index (χ4n) is 1.14. The van der Waals surface area contributed by atoms with E-state index in [-0.39, 0.29) is 11.9 Å². The first-order chi connectivity index (χ1) is 7.65. The lowest BCUT2D eigenvalue weighted by Crippen LogP contribution is -2.13. The molecule has 0 fully saturated rings. The van der Waals surface area contributed by atoms with Crippen LogP contribution in [0.3, 0.4) is 0 Å². The Bertz CT molecular complexity index is 503. The maximum absolute atomic E-state index is 11.7. The Hall–Kier alpha value is -2.44. The van der Waals surface area contributed by atoms with Crippen molar-refractivity contribution in [1.82, 2.24) is 20.2 Å². The van der Waals surface area contributed by atoms with Gasteiger partial charge in [-0.05, 0) is 29.5 Å². The second kappa shape index (κ2) is 3.97. The van der Waals surface area contributed by atoms with Gasteiger partial charge in [0.1, 0.15) is 0 Å². The molecule has 1 aromatic heterocycles. The molecule has 1 aromatic carbocycles. The average Bonchev–Trinajstić information content (AvgIpc) is 2.65. The fraction of sp³-hybridized carbons (Fsp3) is 0.111. The highest BCUT2D eigenvalue weighted by molar-refractivity contribution is 6.03. The molecule has 7 nitrogen and oxygen atoms in total. The van der Waals surface area contributed by atoms with Crippen LogP contribution < -0.4 is 11.1 Å². The van der Waals surface area contributed by atoms with E-state index in [2.05, 4.69) is 20.7 Å². The maximum atomic E-state index is 11.7. The summed E-state index contributed by atoms with van der Waals surface area (Å²) in [6.45, 7) is 0. The van der Waals surface area contributed by atoms with Gasteiger partial charge in [-0.25, -0.2) is 0 Å². The SMILES string of the molecule is Cn1nnc(NC(=O)c2ccc(N)cc2)n1. The van der Waals surface area contributed by atoms with E-state index < -0.39 is 0 Å². The number of tetrazole rings is 1. The molecule has 0 aliphatic rings. The molecule has 0 bridgehead atoms. The Morgan fingerprint density at radius 2 is 2.06 bits per heavy atom. The summed E-state index contributed by atoms with van der Waals surface area (Å²) in [5.74, 6) is -0.127. The van der Waals surface area contributed by atoms with Gasteiger partial charge in [-0.1, -0.05) is 5.10 Å². The first kappa shape index (κ1) is 10.1. The largest absolute Gasteiger partial charge is 0.399 e. The van der Waals surface area contributed by atoms with Gasteiger partial charge in [0.25, 0.3) is 11.9 Å². The summed E-state index contributed by atoms with van der Waals surface area (Å²) in [6.07, 6.45) is 0. The van der Waals surface area contributed by atoms with Gasteiger partial charge in [-0.15, -0.1) is 5.10 Å². The molecule has 2 rings (SSSR count). The third-order valence-electron chi connectivity index (χ3n) is 1.91. The number of hydrogen-bond donors (Lipinski definition) is 2. The molecule has 1 amide bonds. The number of anilines is 2. The van der Waals surface area contributed by atoms with Gasteiger partial charge in [0.05, 0.1) is 7.05 Å². The summed E-state index contributed by atoms with van der Waals surface area (Å²) >= 11 is 0. The third kappa shape index (κ3) is 2.14. The number of aryl methyl sites for hydroxylation is 1. The number of hydrogen-bond acceptors (Lipinski definition) is 5. The molecule has 0 radical (unpaired) electrons. The van der Waals surface area contributed by atoms with Crippen LogP contribution in [0.5, 0.6) is 0 Å². The Morgan fingerprint density at radius 3 is 2.62 bits per heavy atom. The Balaban J connectivity index is 2.11. The summed E-state index contributed by atoms with van der Waals surface area (Å²) in [4.78, 5) is 12.9.